The van der Waals surface area contributed by atoms with Crippen molar-refractivity contribution in [1.29, 1.82) is 0 Å². The van der Waals surface area contributed by atoms with Crippen LogP contribution in [0, 0.1) is 0 Å². The average molecular weight is 292 g/mol. The molecule has 0 radical (unpaired) electrons. The van der Waals surface area contributed by atoms with Gasteiger partial charge in [0.05, 0.1) is 12.1 Å². The van der Waals surface area contributed by atoms with Crippen LogP contribution in [0.4, 0.5) is 5.82 Å². The smallest absolute Gasteiger partial charge is 0.173 e. The van der Waals surface area contributed by atoms with Gasteiger partial charge in [0.15, 0.2) is 6.29 Å². The lowest BCUT2D eigenvalue weighted by Crippen LogP contribution is -2.23. The summed E-state index contributed by atoms with van der Waals surface area (Å²) in [5.41, 5.74) is 0.976. The van der Waals surface area contributed by atoms with Crippen LogP contribution in [-0.2, 0) is 9.47 Å². The van der Waals surface area contributed by atoms with E-state index in [0.717, 1.165) is 16.7 Å². The maximum atomic E-state index is 5.10. The van der Waals surface area contributed by atoms with E-state index in [9.17, 15) is 0 Å². The lowest BCUT2D eigenvalue weighted by atomic mass is 10.2. The number of anilines is 1. The van der Waals surface area contributed by atoms with Gasteiger partial charge in [0, 0.05) is 19.6 Å². The Bertz CT molecular complexity index is 485. The largest absolute Gasteiger partial charge is 0.365 e. The van der Waals surface area contributed by atoms with E-state index in [1.807, 2.05) is 64.1 Å². The van der Waals surface area contributed by atoms with Crippen molar-refractivity contribution < 1.29 is 9.47 Å². The molecular weight excluding hydrogens is 264 g/mol. The molecule has 0 saturated heterocycles. The summed E-state index contributed by atoms with van der Waals surface area (Å²) in [4.78, 5) is 4.49. The number of benzene rings is 1. The SMILES string of the molecule is CC.CC.COC(CNc1ccc2ccccc2n1)OC. The van der Waals surface area contributed by atoms with E-state index >= 15 is 0 Å². The average Bonchev–Trinajstić information content (AvgIpc) is 2.59. The van der Waals surface area contributed by atoms with Crippen molar-refractivity contribution in [3.8, 4) is 0 Å². The highest BCUT2D eigenvalue weighted by Crippen LogP contribution is 2.14. The van der Waals surface area contributed by atoms with Crippen molar-refractivity contribution in [2.45, 2.75) is 34.0 Å². The minimum atomic E-state index is -0.261. The van der Waals surface area contributed by atoms with Gasteiger partial charge in [-0.1, -0.05) is 45.9 Å². The molecule has 2 rings (SSSR count). The predicted molar refractivity (Wildman–Crippen MR) is 90.7 cm³/mol. The molecule has 1 aromatic carbocycles. The fourth-order valence-corrected chi connectivity index (χ4v) is 1.62. The van der Waals surface area contributed by atoms with Gasteiger partial charge in [0.25, 0.3) is 0 Å². The van der Waals surface area contributed by atoms with Gasteiger partial charge in [0.1, 0.15) is 5.82 Å². The summed E-state index contributed by atoms with van der Waals surface area (Å²) in [6.07, 6.45) is -0.261. The Morgan fingerprint density at radius 1 is 0.952 bits per heavy atom. The first-order chi connectivity index (χ1) is 10.3. The lowest BCUT2D eigenvalue weighted by molar-refractivity contribution is -0.0914. The maximum Gasteiger partial charge on any atom is 0.173 e. The number of para-hydroxylation sites is 1. The van der Waals surface area contributed by atoms with Gasteiger partial charge in [-0.3, -0.25) is 0 Å². The molecule has 4 heteroatoms. The molecular formula is C17H28N2O2. The second kappa shape index (κ2) is 12.1. The van der Waals surface area contributed by atoms with Crippen LogP contribution in [0.3, 0.4) is 0 Å². The van der Waals surface area contributed by atoms with E-state index in [2.05, 4.69) is 10.3 Å². The van der Waals surface area contributed by atoms with E-state index in [0.29, 0.717) is 6.54 Å². The molecule has 0 atom stereocenters. The molecule has 0 bridgehead atoms. The van der Waals surface area contributed by atoms with Crippen LogP contribution in [0.2, 0.25) is 0 Å². The maximum absolute atomic E-state index is 5.10. The number of aromatic nitrogens is 1. The Hall–Kier alpha value is -1.65. The van der Waals surface area contributed by atoms with Crippen LogP contribution < -0.4 is 5.32 Å². The molecule has 1 aromatic heterocycles. The molecule has 0 amide bonds. The highest BCUT2D eigenvalue weighted by molar-refractivity contribution is 5.79. The Morgan fingerprint density at radius 2 is 1.57 bits per heavy atom. The summed E-state index contributed by atoms with van der Waals surface area (Å²) in [7, 11) is 3.23. The zero-order chi connectivity index (χ0) is 16.1. The van der Waals surface area contributed by atoms with Crippen LogP contribution in [0.25, 0.3) is 10.9 Å². The minimum absolute atomic E-state index is 0.261. The molecule has 0 fully saturated rings. The summed E-state index contributed by atoms with van der Waals surface area (Å²) in [5, 5.41) is 4.31. The molecule has 0 aliphatic heterocycles. The topological polar surface area (TPSA) is 43.4 Å². The van der Waals surface area contributed by atoms with Gasteiger partial charge < -0.3 is 14.8 Å². The first-order valence-electron chi connectivity index (χ1n) is 7.48. The van der Waals surface area contributed by atoms with Crippen LogP contribution in [0.5, 0.6) is 0 Å². The third-order valence-corrected chi connectivity index (χ3v) is 2.57. The standard InChI is InChI=1S/C13H16N2O2.2C2H6/c1-16-13(17-2)9-14-12-8-7-10-5-3-4-6-11(10)15-12;2*1-2/h3-8,13H,9H2,1-2H3,(H,14,15);2*1-2H3. The summed E-state index contributed by atoms with van der Waals surface area (Å²) >= 11 is 0. The first-order valence-corrected chi connectivity index (χ1v) is 7.48. The highest BCUT2D eigenvalue weighted by Gasteiger charge is 2.04. The third-order valence-electron chi connectivity index (χ3n) is 2.57. The van der Waals surface area contributed by atoms with Crippen LogP contribution >= 0.6 is 0 Å². The number of methoxy groups -OCH3 is 2. The molecule has 0 spiro atoms. The normalized spacial score (nSPS) is 9.48. The molecule has 1 N–H and O–H groups in total. The minimum Gasteiger partial charge on any atom is -0.365 e. The van der Waals surface area contributed by atoms with Gasteiger partial charge in [0.2, 0.25) is 0 Å². The number of fused-ring (bicyclic) bond motifs is 1. The monoisotopic (exact) mass is 292 g/mol. The van der Waals surface area contributed by atoms with Gasteiger partial charge >= 0.3 is 0 Å². The molecule has 118 valence electrons. The molecule has 2 aromatic rings. The number of pyridine rings is 1. The molecule has 21 heavy (non-hydrogen) atoms. The second-order valence-electron chi connectivity index (χ2n) is 3.67. The fourth-order valence-electron chi connectivity index (χ4n) is 1.62. The summed E-state index contributed by atoms with van der Waals surface area (Å²) in [5.74, 6) is 0.822. The summed E-state index contributed by atoms with van der Waals surface area (Å²) in [6, 6.07) is 12.0. The number of ether oxygens (including phenoxy) is 2. The van der Waals surface area contributed by atoms with E-state index < -0.39 is 0 Å². The second-order valence-corrected chi connectivity index (χ2v) is 3.67. The van der Waals surface area contributed by atoms with E-state index in [4.69, 9.17) is 9.47 Å². The third kappa shape index (κ3) is 6.56. The van der Waals surface area contributed by atoms with Crippen molar-refractivity contribution >= 4 is 16.7 Å². The predicted octanol–water partition coefficient (Wildman–Crippen LogP) is 4.32. The molecule has 4 nitrogen and oxygen atoms in total. The Labute approximate surface area is 128 Å². The lowest BCUT2D eigenvalue weighted by Gasteiger charge is -2.14. The van der Waals surface area contributed by atoms with E-state index in [1.165, 1.54) is 0 Å². The van der Waals surface area contributed by atoms with Gasteiger partial charge in [-0.15, -0.1) is 0 Å². The zero-order valence-electron chi connectivity index (χ0n) is 14.0. The molecule has 0 unspecified atom stereocenters. The first kappa shape index (κ1) is 19.4. The van der Waals surface area contributed by atoms with Crippen LogP contribution in [0.1, 0.15) is 27.7 Å². The fraction of sp³-hybridized carbons (Fsp3) is 0.471. The van der Waals surface area contributed by atoms with E-state index in [-0.39, 0.29) is 6.29 Å². The quantitative estimate of drug-likeness (QED) is 0.834. The van der Waals surface area contributed by atoms with Gasteiger partial charge in [-0.2, -0.15) is 0 Å². The number of rotatable bonds is 5. The number of hydrogen-bond acceptors (Lipinski definition) is 4. The molecule has 0 aliphatic rings. The van der Waals surface area contributed by atoms with Crippen LogP contribution in [0.15, 0.2) is 36.4 Å². The van der Waals surface area contributed by atoms with Gasteiger partial charge in [-0.25, -0.2) is 4.98 Å². The number of nitrogens with zero attached hydrogens (tertiary/aromatic N) is 1. The van der Waals surface area contributed by atoms with Crippen molar-refractivity contribution in [3.63, 3.8) is 0 Å². The van der Waals surface area contributed by atoms with Crippen molar-refractivity contribution in [2.24, 2.45) is 0 Å². The summed E-state index contributed by atoms with van der Waals surface area (Å²) < 4.78 is 10.2. The summed E-state index contributed by atoms with van der Waals surface area (Å²) in [6.45, 7) is 8.57. The van der Waals surface area contributed by atoms with Crippen molar-refractivity contribution in [2.75, 3.05) is 26.1 Å². The Balaban J connectivity index is 0.000000921. The highest BCUT2D eigenvalue weighted by atomic mass is 16.7. The molecule has 0 aliphatic carbocycles. The molecule has 0 saturated carbocycles. The van der Waals surface area contributed by atoms with E-state index in [1.54, 1.807) is 14.2 Å². The van der Waals surface area contributed by atoms with Crippen LogP contribution in [-0.4, -0.2) is 32.0 Å². The molecule has 1 heterocycles. The Morgan fingerprint density at radius 3 is 2.19 bits per heavy atom. The number of hydrogen-bond donors (Lipinski definition) is 1. The van der Waals surface area contributed by atoms with Crippen molar-refractivity contribution in [1.82, 2.24) is 4.98 Å². The Kier molecular flexibility index (Phi) is 11.2. The van der Waals surface area contributed by atoms with Crippen molar-refractivity contribution in [3.05, 3.63) is 36.4 Å². The zero-order valence-corrected chi connectivity index (χ0v) is 14.0. The van der Waals surface area contributed by atoms with Gasteiger partial charge in [-0.05, 0) is 18.2 Å². The number of nitrogens with one attached hydrogen (secondary N) is 1.